The van der Waals surface area contributed by atoms with Crippen LogP contribution in [0.2, 0.25) is 5.02 Å². The quantitative estimate of drug-likeness (QED) is 0.471. The van der Waals surface area contributed by atoms with Crippen LogP contribution in [0.4, 0.5) is 0 Å². The molecular formula is C24H27Cl3N4OS. The highest BCUT2D eigenvalue weighted by atomic mass is 35.5. The Bertz CT molecular complexity index is 1140. The molecule has 0 radical (unpaired) electrons. The lowest BCUT2D eigenvalue weighted by Gasteiger charge is -2.32. The van der Waals surface area contributed by atoms with Crippen LogP contribution in [0, 0.1) is 5.92 Å². The molecule has 0 atom stereocenters. The van der Waals surface area contributed by atoms with Crippen molar-refractivity contribution < 1.29 is 4.79 Å². The molecule has 2 aromatic heterocycles. The maximum atomic E-state index is 12.8. The predicted molar refractivity (Wildman–Crippen MR) is 141 cm³/mol. The third kappa shape index (κ3) is 6.06. The molecule has 33 heavy (non-hydrogen) atoms. The molecule has 5 nitrogen and oxygen atoms in total. The summed E-state index contributed by atoms with van der Waals surface area (Å²) in [6.07, 6.45) is 7.02. The van der Waals surface area contributed by atoms with Gasteiger partial charge in [0.1, 0.15) is 5.65 Å². The molecule has 1 saturated heterocycles. The van der Waals surface area contributed by atoms with Gasteiger partial charge in [0, 0.05) is 18.1 Å². The van der Waals surface area contributed by atoms with Gasteiger partial charge in [0.15, 0.2) is 0 Å². The Morgan fingerprint density at radius 2 is 1.94 bits per heavy atom. The minimum Gasteiger partial charge on any atom is -0.351 e. The van der Waals surface area contributed by atoms with Crippen LogP contribution in [0.15, 0.2) is 58.6 Å². The van der Waals surface area contributed by atoms with Crippen molar-refractivity contribution in [3.8, 4) is 0 Å². The van der Waals surface area contributed by atoms with Crippen molar-refractivity contribution in [2.45, 2.75) is 24.3 Å². The number of halogens is 3. The maximum absolute atomic E-state index is 12.8. The molecule has 2 aliphatic rings. The number of piperidine rings is 1. The summed E-state index contributed by atoms with van der Waals surface area (Å²) >= 11 is 7.59. The van der Waals surface area contributed by atoms with Crippen LogP contribution < -0.4 is 5.32 Å². The second-order valence-electron chi connectivity index (χ2n) is 8.23. The number of amides is 1. The summed E-state index contributed by atoms with van der Waals surface area (Å²) in [6, 6.07) is 14.1. The zero-order chi connectivity index (χ0) is 21.2. The number of benzene rings is 1. The van der Waals surface area contributed by atoms with Crippen molar-refractivity contribution in [2.75, 3.05) is 26.2 Å². The molecule has 2 aliphatic heterocycles. The van der Waals surface area contributed by atoms with Crippen molar-refractivity contribution in [1.82, 2.24) is 19.6 Å². The fourth-order valence-corrected chi connectivity index (χ4v) is 5.54. The molecule has 0 spiro atoms. The van der Waals surface area contributed by atoms with Crippen LogP contribution in [0.1, 0.15) is 24.1 Å². The van der Waals surface area contributed by atoms with Crippen LogP contribution >= 0.6 is 48.2 Å². The number of carbonyl (C=O) groups is 1. The first-order valence-corrected chi connectivity index (χ1v) is 12.0. The molecule has 0 saturated carbocycles. The lowest BCUT2D eigenvalue weighted by molar-refractivity contribution is -0.117. The van der Waals surface area contributed by atoms with E-state index in [-0.39, 0.29) is 30.7 Å². The monoisotopic (exact) mass is 524 g/mol. The van der Waals surface area contributed by atoms with E-state index in [1.165, 1.54) is 17.3 Å². The van der Waals surface area contributed by atoms with E-state index in [0.717, 1.165) is 71.7 Å². The first-order chi connectivity index (χ1) is 15.2. The Morgan fingerprint density at radius 1 is 1.15 bits per heavy atom. The number of nitrogens with one attached hydrogen (secondary N) is 1. The number of carbonyl (C=O) groups excluding carboxylic acids is 1. The second kappa shape index (κ2) is 11.6. The van der Waals surface area contributed by atoms with E-state index in [2.05, 4.69) is 31.7 Å². The third-order valence-corrected chi connectivity index (χ3v) is 7.39. The van der Waals surface area contributed by atoms with E-state index in [1.807, 2.05) is 42.6 Å². The summed E-state index contributed by atoms with van der Waals surface area (Å²) in [5, 5.41) is 5.00. The number of nitrogens with zero attached hydrogens (tertiary/aromatic N) is 3. The molecular weight excluding hydrogens is 499 g/mol. The Kier molecular flexibility index (Phi) is 9.13. The smallest absolute Gasteiger partial charge is 0.258 e. The fourth-order valence-electron chi connectivity index (χ4n) is 4.32. The van der Waals surface area contributed by atoms with Gasteiger partial charge in [-0.3, -0.25) is 9.20 Å². The molecule has 1 N–H and O–H groups in total. The van der Waals surface area contributed by atoms with E-state index < -0.39 is 0 Å². The average molecular weight is 526 g/mol. The zero-order valence-corrected chi connectivity index (χ0v) is 21.3. The number of aromatic nitrogens is 2. The summed E-state index contributed by atoms with van der Waals surface area (Å²) in [7, 11) is 0. The summed E-state index contributed by atoms with van der Waals surface area (Å²) < 4.78 is 2.08. The molecule has 1 aromatic carbocycles. The van der Waals surface area contributed by atoms with Crippen LogP contribution in [-0.4, -0.2) is 46.4 Å². The fraction of sp³-hybridized carbons (Fsp3) is 0.333. The number of likely N-dealkylation sites (tertiary alicyclic amines) is 1. The number of pyridine rings is 1. The molecule has 4 heterocycles. The largest absolute Gasteiger partial charge is 0.351 e. The highest BCUT2D eigenvalue weighted by Crippen LogP contribution is 2.34. The lowest BCUT2D eigenvalue weighted by atomic mass is 9.96. The van der Waals surface area contributed by atoms with Crippen molar-refractivity contribution in [3.05, 3.63) is 69.8 Å². The Hall–Kier alpha value is -1.70. The molecule has 9 heteroatoms. The highest BCUT2D eigenvalue weighted by Gasteiger charge is 2.23. The van der Waals surface area contributed by atoms with Crippen molar-refractivity contribution in [3.63, 3.8) is 0 Å². The number of thioether (sulfide) groups is 1. The Morgan fingerprint density at radius 3 is 2.73 bits per heavy atom. The molecule has 5 rings (SSSR count). The van der Waals surface area contributed by atoms with Gasteiger partial charge in [0.05, 0.1) is 21.8 Å². The van der Waals surface area contributed by atoms with E-state index in [4.69, 9.17) is 11.6 Å². The van der Waals surface area contributed by atoms with Gasteiger partial charge in [0.2, 0.25) is 0 Å². The summed E-state index contributed by atoms with van der Waals surface area (Å²) in [4.78, 5) is 20.5. The average Bonchev–Trinajstić information content (AvgIpc) is 3.21. The highest BCUT2D eigenvalue weighted by molar-refractivity contribution is 8.04. The molecule has 0 unspecified atom stereocenters. The van der Waals surface area contributed by atoms with E-state index >= 15 is 0 Å². The van der Waals surface area contributed by atoms with Gasteiger partial charge in [-0.1, -0.05) is 41.6 Å². The molecule has 0 bridgehead atoms. The molecule has 1 amide bonds. The number of hydrogen-bond acceptors (Lipinski definition) is 4. The number of imidazole rings is 1. The topological polar surface area (TPSA) is 49.6 Å². The van der Waals surface area contributed by atoms with Gasteiger partial charge in [0.25, 0.3) is 5.91 Å². The van der Waals surface area contributed by atoms with E-state index in [1.54, 1.807) is 0 Å². The molecule has 1 fully saturated rings. The summed E-state index contributed by atoms with van der Waals surface area (Å²) in [6.45, 7) is 3.96. The first kappa shape index (κ1) is 25.9. The van der Waals surface area contributed by atoms with Crippen LogP contribution in [0.3, 0.4) is 0 Å². The van der Waals surface area contributed by atoms with Gasteiger partial charge in [-0.2, -0.15) is 0 Å². The number of rotatable bonds is 6. The van der Waals surface area contributed by atoms with E-state index in [9.17, 15) is 4.79 Å². The van der Waals surface area contributed by atoms with Gasteiger partial charge in [-0.25, -0.2) is 4.98 Å². The van der Waals surface area contributed by atoms with Crippen molar-refractivity contribution >= 4 is 65.8 Å². The third-order valence-electron chi connectivity index (χ3n) is 6.10. The summed E-state index contributed by atoms with van der Waals surface area (Å²) in [5.41, 5.74) is 3.16. The molecule has 0 aliphatic carbocycles. The normalized spacial score (nSPS) is 16.0. The van der Waals surface area contributed by atoms with Crippen molar-refractivity contribution in [1.29, 1.82) is 0 Å². The lowest BCUT2D eigenvalue weighted by Crippen LogP contribution is -2.39. The molecule has 176 valence electrons. The van der Waals surface area contributed by atoms with Crippen LogP contribution in [-0.2, 0) is 11.2 Å². The van der Waals surface area contributed by atoms with Gasteiger partial charge in [-0.15, -0.1) is 24.8 Å². The minimum absolute atomic E-state index is 0. The van der Waals surface area contributed by atoms with Crippen LogP contribution in [0.25, 0.3) is 11.7 Å². The maximum Gasteiger partial charge on any atom is 0.258 e. The number of hydrogen-bond donors (Lipinski definition) is 1. The first-order valence-electron chi connectivity index (χ1n) is 10.8. The SMILES string of the molecule is Cl.Cl.O=C(NCC1CCN(CCc2cccc(Cl)c2)CC1)C1=Cc2cnc3cccc(n23)S1. The minimum atomic E-state index is 0. The Balaban J connectivity index is 0.00000153. The van der Waals surface area contributed by atoms with E-state index in [0.29, 0.717) is 5.92 Å². The van der Waals surface area contributed by atoms with Gasteiger partial charge < -0.3 is 10.2 Å². The Labute approximate surface area is 215 Å². The summed E-state index contributed by atoms with van der Waals surface area (Å²) in [5.74, 6) is 0.548. The zero-order valence-electron chi connectivity index (χ0n) is 18.1. The standard InChI is InChI=1S/C24H25ClN4OS.2ClH/c25-19-4-1-3-17(13-19)7-10-28-11-8-18(9-12-28)15-27-24(30)21-14-20-16-26-22-5-2-6-23(31-21)29(20)22;;/h1-6,13-14,16,18H,7-12,15H2,(H,27,30);2*1H. The second-order valence-corrected chi connectivity index (χ2v) is 9.72. The van der Waals surface area contributed by atoms with Crippen molar-refractivity contribution in [2.24, 2.45) is 5.92 Å². The van der Waals surface area contributed by atoms with Gasteiger partial charge in [-0.05, 0) is 74.2 Å². The van der Waals surface area contributed by atoms with Gasteiger partial charge >= 0.3 is 0 Å². The predicted octanol–water partition coefficient (Wildman–Crippen LogP) is 5.35. The van der Waals surface area contributed by atoms with Crippen LogP contribution in [0.5, 0.6) is 0 Å². The molecule has 3 aromatic rings.